The van der Waals surface area contributed by atoms with Crippen LogP contribution in [0.25, 0.3) is 0 Å². The summed E-state index contributed by atoms with van der Waals surface area (Å²) in [7, 11) is 2.23. The van der Waals surface area contributed by atoms with Crippen molar-refractivity contribution in [2.24, 2.45) is 0 Å². The molecule has 2 saturated heterocycles. The Morgan fingerprint density at radius 2 is 1.92 bits per heavy atom. The first-order chi connectivity index (χ1) is 5.81. The Kier molecular flexibility index (Phi) is 2.20. The molecule has 2 heterocycles. The van der Waals surface area contributed by atoms with Crippen LogP contribution in [0.1, 0.15) is 19.8 Å². The van der Waals surface area contributed by atoms with E-state index in [-0.39, 0.29) is 0 Å². The van der Waals surface area contributed by atoms with Gasteiger partial charge in [-0.2, -0.15) is 0 Å². The standard InChI is InChI=1S/C10H17NO/c1-3-8-4-9-6-12-7-10(5-8)11(9)2/h3,9-10H,4-7H2,1-2H3/t9-,10+. The van der Waals surface area contributed by atoms with Gasteiger partial charge in [0.15, 0.2) is 0 Å². The van der Waals surface area contributed by atoms with Crippen LogP contribution in [0.5, 0.6) is 0 Å². The number of nitrogens with zero attached hydrogens (tertiary/aromatic N) is 1. The highest BCUT2D eigenvalue weighted by atomic mass is 16.5. The van der Waals surface area contributed by atoms with Crippen molar-refractivity contribution in [1.29, 1.82) is 0 Å². The molecule has 0 radical (unpaired) electrons. The Bertz CT molecular complexity index is 184. The third-order valence-corrected chi connectivity index (χ3v) is 3.18. The monoisotopic (exact) mass is 167 g/mol. The first-order valence-electron chi connectivity index (χ1n) is 4.75. The number of hydrogen-bond donors (Lipinski definition) is 0. The molecule has 0 N–H and O–H groups in total. The normalized spacial score (nSPS) is 40.3. The van der Waals surface area contributed by atoms with Crippen LogP contribution in [-0.4, -0.2) is 37.2 Å². The van der Waals surface area contributed by atoms with Crippen LogP contribution in [0.15, 0.2) is 11.6 Å². The number of rotatable bonds is 0. The maximum Gasteiger partial charge on any atom is 0.0625 e. The second-order valence-electron chi connectivity index (χ2n) is 3.87. The Labute approximate surface area is 74.2 Å². The summed E-state index contributed by atoms with van der Waals surface area (Å²) >= 11 is 0. The van der Waals surface area contributed by atoms with Gasteiger partial charge in [-0.15, -0.1) is 0 Å². The number of likely N-dealkylation sites (N-methyl/N-ethyl adjacent to an activating group) is 1. The lowest BCUT2D eigenvalue weighted by atomic mass is 9.90. The molecule has 2 aliphatic rings. The fraction of sp³-hybridized carbons (Fsp3) is 0.800. The van der Waals surface area contributed by atoms with E-state index in [1.807, 2.05) is 0 Å². The van der Waals surface area contributed by atoms with Crippen molar-refractivity contribution in [3.05, 3.63) is 11.6 Å². The number of fused-ring (bicyclic) bond motifs is 2. The van der Waals surface area contributed by atoms with Crippen molar-refractivity contribution >= 4 is 0 Å². The fourth-order valence-electron chi connectivity index (χ4n) is 2.20. The van der Waals surface area contributed by atoms with Crippen molar-refractivity contribution in [2.75, 3.05) is 20.3 Å². The molecule has 2 bridgehead atoms. The van der Waals surface area contributed by atoms with Crippen LogP contribution in [-0.2, 0) is 4.74 Å². The summed E-state index contributed by atoms with van der Waals surface area (Å²) in [5.74, 6) is 0. The molecule has 68 valence electrons. The summed E-state index contributed by atoms with van der Waals surface area (Å²) in [6.07, 6.45) is 4.70. The molecule has 12 heavy (non-hydrogen) atoms. The highest BCUT2D eigenvalue weighted by molar-refractivity contribution is 5.11. The molecule has 0 aromatic carbocycles. The van der Waals surface area contributed by atoms with E-state index in [0.717, 1.165) is 13.2 Å². The lowest BCUT2D eigenvalue weighted by Crippen LogP contribution is -2.53. The van der Waals surface area contributed by atoms with E-state index in [0.29, 0.717) is 12.1 Å². The topological polar surface area (TPSA) is 12.5 Å². The van der Waals surface area contributed by atoms with Gasteiger partial charge in [0.2, 0.25) is 0 Å². The van der Waals surface area contributed by atoms with Gasteiger partial charge in [0.25, 0.3) is 0 Å². The molecule has 2 fully saturated rings. The van der Waals surface area contributed by atoms with Crippen molar-refractivity contribution < 1.29 is 4.74 Å². The van der Waals surface area contributed by atoms with Gasteiger partial charge in [0.1, 0.15) is 0 Å². The number of piperidine rings is 1. The molecule has 0 unspecified atom stereocenters. The largest absolute Gasteiger partial charge is 0.378 e. The molecule has 2 rings (SSSR count). The Morgan fingerprint density at radius 1 is 1.33 bits per heavy atom. The second-order valence-corrected chi connectivity index (χ2v) is 3.87. The van der Waals surface area contributed by atoms with Crippen molar-refractivity contribution in [2.45, 2.75) is 31.8 Å². The number of hydrogen-bond acceptors (Lipinski definition) is 2. The highest BCUT2D eigenvalue weighted by Gasteiger charge is 2.33. The van der Waals surface area contributed by atoms with Gasteiger partial charge in [-0.25, -0.2) is 0 Å². The third-order valence-electron chi connectivity index (χ3n) is 3.18. The minimum Gasteiger partial charge on any atom is -0.378 e. The van der Waals surface area contributed by atoms with Crippen molar-refractivity contribution in [1.82, 2.24) is 4.90 Å². The molecule has 0 aromatic rings. The lowest BCUT2D eigenvalue weighted by Gasteiger charge is -2.44. The number of allylic oxidation sites excluding steroid dienone is 1. The molecule has 2 nitrogen and oxygen atoms in total. The minimum absolute atomic E-state index is 0.642. The van der Waals surface area contributed by atoms with Gasteiger partial charge in [0.05, 0.1) is 13.2 Å². The van der Waals surface area contributed by atoms with E-state index < -0.39 is 0 Å². The Balaban J connectivity index is 2.12. The summed E-state index contributed by atoms with van der Waals surface area (Å²) in [6, 6.07) is 1.28. The van der Waals surface area contributed by atoms with Gasteiger partial charge in [-0.3, -0.25) is 4.90 Å². The maximum atomic E-state index is 5.53. The zero-order valence-electron chi connectivity index (χ0n) is 7.92. The lowest BCUT2D eigenvalue weighted by molar-refractivity contribution is -0.0475. The molecule has 0 spiro atoms. The van der Waals surface area contributed by atoms with Gasteiger partial charge in [-0.1, -0.05) is 11.6 Å². The average molecular weight is 167 g/mol. The molecule has 2 aliphatic heterocycles. The predicted molar refractivity (Wildman–Crippen MR) is 49.1 cm³/mol. The summed E-state index contributed by atoms with van der Waals surface area (Å²) in [5.41, 5.74) is 1.62. The smallest absolute Gasteiger partial charge is 0.0625 e. The molecule has 0 aliphatic carbocycles. The van der Waals surface area contributed by atoms with Crippen LogP contribution in [0.2, 0.25) is 0 Å². The SMILES string of the molecule is CC=C1C[C@H]2COC[C@@H](C1)N2C. The highest BCUT2D eigenvalue weighted by Crippen LogP contribution is 2.29. The van der Waals surface area contributed by atoms with Crippen LogP contribution < -0.4 is 0 Å². The fourth-order valence-corrected chi connectivity index (χ4v) is 2.20. The van der Waals surface area contributed by atoms with Gasteiger partial charge in [0, 0.05) is 12.1 Å². The van der Waals surface area contributed by atoms with Crippen LogP contribution >= 0.6 is 0 Å². The molecule has 0 amide bonds. The average Bonchev–Trinajstić information content (AvgIpc) is 2.04. The van der Waals surface area contributed by atoms with Crippen LogP contribution in [0, 0.1) is 0 Å². The zero-order valence-corrected chi connectivity index (χ0v) is 7.92. The second kappa shape index (κ2) is 3.19. The molecule has 0 aromatic heterocycles. The Morgan fingerprint density at radius 3 is 2.42 bits per heavy atom. The maximum absolute atomic E-state index is 5.53. The summed E-state index contributed by atoms with van der Waals surface area (Å²) in [4.78, 5) is 2.48. The first kappa shape index (κ1) is 8.27. The van der Waals surface area contributed by atoms with E-state index in [2.05, 4.69) is 24.9 Å². The molecule has 0 saturated carbocycles. The van der Waals surface area contributed by atoms with Crippen LogP contribution in [0.4, 0.5) is 0 Å². The van der Waals surface area contributed by atoms with Crippen molar-refractivity contribution in [3.8, 4) is 0 Å². The number of morpholine rings is 1. The van der Waals surface area contributed by atoms with E-state index in [9.17, 15) is 0 Å². The third kappa shape index (κ3) is 1.29. The molecule has 2 atom stereocenters. The number of ether oxygens (including phenoxy) is 1. The van der Waals surface area contributed by atoms with Gasteiger partial charge in [-0.05, 0) is 26.8 Å². The minimum atomic E-state index is 0.642. The summed E-state index contributed by atoms with van der Waals surface area (Å²) in [6.45, 7) is 3.99. The molecular formula is C10H17NO. The predicted octanol–water partition coefficient (Wildman–Crippen LogP) is 1.43. The Hall–Kier alpha value is -0.340. The van der Waals surface area contributed by atoms with E-state index in [1.54, 1.807) is 5.57 Å². The molecular weight excluding hydrogens is 150 g/mol. The van der Waals surface area contributed by atoms with Gasteiger partial charge < -0.3 is 4.74 Å². The van der Waals surface area contributed by atoms with Gasteiger partial charge >= 0.3 is 0 Å². The van der Waals surface area contributed by atoms with E-state index in [4.69, 9.17) is 4.74 Å². The molecule has 2 heteroatoms. The van der Waals surface area contributed by atoms with Crippen LogP contribution in [0.3, 0.4) is 0 Å². The summed E-state index contributed by atoms with van der Waals surface area (Å²) in [5, 5.41) is 0. The first-order valence-corrected chi connectivity index (χ1v) is 4.75. The van der Waals surface area contributed by atoms with E-state index >= 15 is 0 Å². The van der Waals surface area contributed by atoms with Crippen molar-refractivity contribution in [3.63, 3.8) is 0 Å². The quantitative estimate of drug-likeness (QED) is 0.506. The zero-order chi connectivity index (χ0) is 8.55. The summed E-state index contributed by atoms with van der Waals surface area (Å²) < 4.78 is 5.53. The van der Waals surface area contributed by atoms with E-state index in [1.165, 1.54) is 12.8 Å².